The van der Waals surface area contributed by atoms with Gasteiger partial charge in [-0.25, -0.2) is 4.98 Å². The third-order valence-corrected chi connectivity index (χ3v) is 4.52. The van der Waals surface area contributed by atoms with E-state index in [0.29, 0.717) is 6.54 Å². The van der Waals surface area contributed by atoms with E-state index in [1.807, 2.05) is 36.4 Å². The number of methoxy groups -OCH3 is 1. The molecule has 0 radical (unpaired) electrons. The summed E-state index contributed by atoms with van der Waals surface area (Å²) in [7, 11) is 1.68. The van der Waals surface area contributed by atoms with E-state index in [0.717, 1.165) is 34.0 Å². The van der Waals surface area contributed by atoms with Gasteiger partial charge in [-0.05, 0) is 37.2 Å². The van der Waals surface area contributed by atoms with E-state index >= 15 is 0 Å². The van der Waals surface area contributed by atoms with Crippen molar-refractivity contribution in [2.24, 2.45) is 5.73 Å². The minimum absolute atomic E-state index is 0.597. The first kappa shape index (κ1) is 14.7. The number of pyridine rings is 1. The quantitative estimate of drug-likeness (QED) is 0.784. The van der Waals surface area contributed by atoms with Gasteiger partial charge in [0.05, 0.1) is 12.8 Å². The van der Waals surface area contributed by atoms with E-state index in [1.54, 1.807) is 30.8 Å². The molecular weight excluding hydrogens is 294 g/mol. The molecule has 0 saturated carbocycles. The molecule has 0 atom stereocenters. The van der Waals surface area contributed by atoms with E-state index in [2.05, 4.69) is 4.98 Å². The number of rotatable bonds is 5. The van der Waals surface area contributed by atoms with Crippen LogP contribution in [-0.2, 0) is 6.42 Å². The lowest BCUT2D eigenvalue weighted by molar-refractivity contribution is 0.416. The second-order valence-electron chi connectivity index (χ2n) is 4.77. The molecule has 0 amide bonds. The Labute approximate surface area is 133 Å². The van der Waals surface area contributed by atoms with Gasteiger partial charge in [0, 0.05) is 28.4 Å². The minimum atomic E-state index is 0.597. The molecule has 4 nitrogen and oxygen atoms in total. The zero-order valence-corrected chi connectivity index (χ0v) is 13.1. The molecule has 0 bridgehead atoms. The summed E-state index contributed by atoms with van der Waals surface area (Å²) in [6, 6.07) is 11.9. The molecule has 1 aromatic carbocycles. The van der Waals surface area contributed by atoms with Gasteiger partial charge in [-0.15, -0.1) is 11.3 Å². The number of nitrogens with zero attached hydrogens (tertiary/aromatic N) is 2. The van der Waals surface area contributed by atoms with Crippen LogP contribution in [0.25, 0.3) is 21.8 Å². The number of aromatic nitrogens is 2. The summed E-state index contributed by atoms with van der Waals surface area (Å²) in [4.78, 5) is 10.1. The van der Waals surface area contributed by atoms with Crippen LogP contribution in [0.2, 0.25) is 0 Å². The molecule has 0 aliphatic carbocycles. The molecular formula is C17H17N3OS. The maximum atomic E-state index is 5.76. The standard InChI is InChI=1S/C17H17N3OS/c1-21-14-5-3-2-4-13(14)16-15(6-9-18)22-17(20-16)12-7-10-19-11-8-12/h2-5,7-8,10-11H,6,9,18H2,1H3. The first-order chi connectivity index (χ1) is 10.8. The van der Waals surface area contributed by atoms with Crippen molar-refractivity contribution in [3.05, 3.63) is 53.7 Å². The Kier molecular flexibility index (Phi) is 4.46. The molecule has 2 N–H and O–H groups in total. The van der Waals surface area contributed by atoms with Crippen LogP contribution in [0, 0.1) is 0 Å². The number of hydrogen-bond donors (Lipinski definition) is 1. The van der Waals surface area contributed by atoms with Gasteiger partial charge in [-0.3, -0.25) is 4.98 Å². The molecule has 5 heteroatoms. The normalized spacial score (nSPS) is 10.6. The zero-order chi connectivity index (χ0) is 15.4. The monoisotopic (exact) mass is 311 g/mol. The van der Waals surface area contributed by atoms with Crippen molar-refractivity contribution in [3.8, 4) is 27.6 Å². The lowest BCUT2D eigenvalue weighted by atomic mass is 10.1. The van der Waals surface area contributed by atoms with E-state index in [1.165, 1.54) is 4.88 Å². The second-order valence-corrected chi connectivity index (χ2v) is 5.85. The lowest BCUT2D eigenvalue weighted by Crippen LogP contribution is -2.02. The lowest BCUT2D eigenvalue weighted by Gasteiger charge is -2.07. The molecule has 112 valence electrons. The number of para-hydroxylation sites is 1. The van der Waals surface area contributed by atoms with Gasteiger partial charge in [0.1, 0.15) is 10.8 Å². The van der Waals surface area contributed by atoms with Crippen molar-refractivity contribution in [1.82, 2.24) is 9.97 Å². The minimum Gasteiger partial charge on any atom is -0.496 e. The third-order valence-electron chi connectivity index (χ3n) is 3.36. The van der Waals surface area contributed by atoms with Crippen molar-refractivity contribution >= 4 is 11.3 Å². The topological polar surface area (TPSA) is 61.0 Å². The Morgan fingerprint density at radius 1 is 1.14 bits per heavy atom. The largest absolute Gasteiger partial charge is 0.496 e. The molecule has 0 unspecified atom stereocenters. The Morgan fingerprint density at radius 3 is 2.64 bits per heavy atom. The first-order valence-electron chi connectivity index (χ1n) is 7.07. The summed E-state index contributed by atoms with van der Waals surface area (Å²) < 4.78 is 5.47. The van der Waals surface area contributed by atoms with Crippen molar-refractivity contribution in [3.63, 3.8) is 0 Å². The Morgan fingerprint density at radius 2 is 1.91 bits per heavy atom. The maximum Gasteiger partial charge on any atom is 0.128 e. The fourth-order valence-corrected chi connectivity index (χ4v) is 3.42. The highest BCUT2D eigenvalue weighted by Gasteiger charge is 2.16. The van der Waals surface area contributed by atoms with Crippen molar-refractivity contribution in [1.29, 1.82) is 0 Å². The number of benzene rings is 1. The molecule has 2 heterocycles. The van der Waals surface area contributed by atoms with E-state index in [4.69, 9.17) is 15.5 Å². The predicted octanol–water partition coefficient (Wildman–Crippen LogP) is 3.38. The highest BCUT2D eigenvalue weighted by Crippen LogP contribution is 2.37. The van der Waals surface area contributed by atoms with Crippen molar-refractivity contribution < 1.29 is 4.74 Å². The van der Waals surface area contributed by atoms with Crippen LogP contribution in [0.15, 0.2) is 48.8 Å². The molecule has 22 heavy (non-hydrogen) atoms. The number of hydrogen-bond acceptors (Lipinski definition) is 5. The fourth-order valence-electron chi connectivity index (χ4n) is 2.32. The Bertz CT molecular complexity index is 756. The smallest absolute Gasteiger partial charge is 0.128 e. The van der Waals surface area contributed by atoms with Crippen LogP contribution >= 0.6 is 11.3 Å². The third kappa shape index (κ3) is 2.86. The van der Waals surface area contributed by atoms with Gasteiger partial charge < -0.3 is 10.5 Å². The molecule has 2 aromatic heterocycles. The Balaban J connectivity index is 2.12. The highest BCUT2D eigenvalue weighted by atomic mass is 32.1. The van der Waals surface area contributed by atoms with Gasteiger partial charge in [0.15, 0.2) is 0 Å². The van der Waals surface area contributed by atoms with Crippen LogP contribution in [0.1, 0.15) is 4.88 Å². The van der Waals surface area contributed by atoms with E-state index < -0.39 is 0 Å². The van der Waals surface area contributed by atoms with Crippen molar-refractivity contribution in [2.75, 3.05) is 13.7 Å². The van der Waals surface area contributed by atoms with Gasteiger partial charge in [-0.2, -0.15) is 0 Å². The maximum absolute atomic E-state index is 5.76. The summed E-state index contributed by atoms with van der Waals surface area (Å²) in [5, 5.41) is 0.978. The molecule has 0 aliphatic heterocycles. The van der Waals surface area contributed by atoms with Crippen LogP contribution in [0.4, 0.5) is 0 Å². The molecule has 3 rings (SSSR count). The predicted molar refractivity (Wildman–Crippen MR) is 90.1 cm³/mol. The second kappa shape index (κ2) is 6.68. The van der Waals surface area contributed by atoms with Crippen LogP contribution < -0.4 is 10.5 Å². The summed E-state index contributed by atoms with van der Waals surface area (Å²) in [5.41, 5.74) is 8.80. The number of nitrogens with two attached hydrogens (primary N) is 1. The molecule has 3 aromatic rings. The zero-order valence-electron chi connectivity index (χ0n) is 12.3. The molecule has 0 saturated heterocycles. The van der Waals surface area contributed by atoms with Crippen LogP contribution in [0.3, 0.4) is 0 Å². The highest BCUT2D eigenvalue weighted by molar-refractivity contribution is 7.15. The molecule has 0 fully saturated rings. The Hall–Kier alpha value is -2.24. The van der Waals surface area contributed by atoms with Gasteiger partial charge >= 0.3 is 0 Å². The van der Waals surface area contributed by atoms with Crippen molar-refractivity contribution in [2.45, 2.75) is 6.42 Å². The first-order valence-corrected chi connectivity index (χ1v) is 7.88. The van der Waals surface area contributed by atoms with Crippen LogP contribution in [-0.4, -0.2) is 23.6 Å². The van der Waals surface area contributed by atoms with Gasteiger partial charge in [0.25, 0.3) is 0 Å². The average molecular weight is 311 g/mol. The van der Waals surface area contributed by atoms with Crippen LogP contribution in [0.5, 0.6) is 5.75 Å². The summed E-state index contributed by atoms with van der Waals surface area (Å²) >= 11 is 1.68. The summed E-state index contributed by atoms with van der Waals surface area (Å²) in [6.07, 6.45) is 4.36. The fraction of sp³-hybridized carbons (Fsp3) is 0.176. The summed E-state index contributed by atoms with van der Waals surface area (Å²) in [6.45, 7) is 0.597. The average Bonchev–Trinajstić information content (AvgIpc) is 3.00. The molecule has 0 spiro atoms. The van der Waals surface area contributed by atoms with E-state index in [9.17, 15) is 0 Å². The molecule has 0 aliphatic rings. The number of thiazole rings is 1. The van der Waals surface area contributed by atoms with E-state index in [-0.39, 0.29) is 0 Å². The summed E-state index contributed by atoms with van der Waals surface area (Å²) in [5.74, 6) is 0.826. The SMILES string of the molecule is COc1ccccc1-c1nc(-c2ccncc2)sc1CCN. The van der Waals surface area contributed by atoms with Gasteiger partial charge in [-0.1, -0.05) is 12.1 Å². The van der Waals surface area contributed by atoms with Gasteiger partial charge in [0.2, 0.25) is 0 Å². The number of ether oxygens (including phenoxy) is 1.